The van der Waals surface area contributed by atoms with Crippen LogP contribution in [-0.4, -0.2) is 58.2 Å². The van der Waals surface area contributed by atoms with Crippen LogP contribution in [0.2, 0.25) is 0 Å². The minimum absolute atomic E-state index is 0.0228. The fraction of sp³-hybridized carbons (Fsp3) is 0.524. The molecule has 1 aliphatic rings. The normalized spacial score (nSPS) is 17.2. The third-order valence-corrected chi connectivity index (χ3v) is 6.43. The molecule has 1 aliphatic heterocycles. The molecule has 1 saturated heterocycles. The second-order valence-electron chi connectivity index (χ2n) is 7.77. The van der Waals surface area contributed by atoms with E-state index in [9.17, 15) is 31.5 Å². The first-order valence-corrected chi connectivity index (χ1v) is 11.4. The Morgan fingerprint density at radius 3 is 2.62 bits per heavy atom. The lowest BCUT2D eigenvalue weighted by Gasteiger charge is -2.21. The van der Waals surface area contributed by atoms with E-state index in [1.54, 1.807) is 11.8 Å². The number of rotatable bonds is 7. The van der Waals surface area contributed by atoms with Crippen LogP contribution in [0.3, 0.4) is 0 Å². The van der Waals surface area contributed by atoms with Crippen LogP contribution in [0, 0.1) is 0 Å². The molecule has 34 heavy (non-hydrogen) atoms. The number of ether oxygens (including phenoxy) is 1. The molecule has 0 saturated carbocycles. The van der Waals surface area contributed by atoms with Crippen molar-refractivity contribution >= 4 is 29.0 Å². The number of amides is 1. The van der Waals surface area contributed by atoms with Crippen LogP contribution in [0.4, 0.5) is 27.8 Å². The van der Waals surface area contributed by atoms with E-state index in [0.717, 1.165) is 32.0 Å². The van der Waals surface area contributed by atoms with E-state index in [1.807, 2.05) is 6.92 Å². The summed E-state index contributed by atoms with van der Waals surface area (Å²) >= 11 is 0.698. The zero-order valence-electron chi connectivity index (χ0n) is 18.6. The predicted molar refractivity (Wildman–Crippen MR) is 115 cm³/mol. The molecular weight excluding hydrogens is 483 g/mol. The van der Waals surface area contributed by atoms with Gasteiger partial charge in [0.25, 0.3) is 12.3 Å². The number of carbonyl (C=O) groups is 2. The Labute approximate surface area is 196 Å². The summed E-state index contributed by atoms with van der Waals surface area (Å²) in [5.41, 5.74) is -1.03. The van der Waals surface area contributed by atoms with Gasteiger partial charge in [0.2, 0.25) is 5.01 Å². The van der Waals surface area contributed by atoms with Crippen molar-refractivity contribution in [1.82, 2.24) is 14.9 Å². The number of nitrogens with one attached hydrogen (secondary N) is 1. The maximum Gasteiger partial charge on any atom is 0.408 e. The lowest BCUT2D eigenvalue weighted by atomic mass is 10.1. The summed E-state index contributed by atoms with van der Waals surface area (Å²) in [6, 6.07) is -1.32. The molecule has 1 N–H and O–H groups in total. The van der Waals surface area contributed by atoms with Gasteiger partial charge >= 0.3 is 12.1 Å². The maximum atomic E-state index is 14.0. The van der Waals surface area contributed by atoms with E-state index >= 15 is 0 Å². The number of nitrogens with zero attached hydrogens (tertiary/aromatic N) is 3. The van der Waals surface area contributed by atoms with Gasteiger partial charge in [-0.25, -0.2) is 23.5 Å². The summed E-state index contributed by atoms with van der Waals surface area (Å²) in [5, 5.41) is 1.86. The van der Waals surface area contributed by atoms with Crippen molar-refractivity contribution in [1.29, 1.82) is 0 Å². The van der Waals surface area contributed by atoms with E-state index in [1.165, 1.54) is 0 Å². The molecule has 7 nitrogen and oxygen atoms in total. The highest BCUT2D eigenvalue weighted by Crippen LogP contribution is 2.39. The zero-order valence-corrected chi connectivity index (χ0v) is 19.4. The van der Waals surface area contributed by atoms with E-state index in [2.05, 4.69) is 15.3 Å². The highest BCUT2D eigenvalue weighted by Gasteiger charge is 2.37. The average Bonchev–Trinajstić information content (AvgIpc) is 3.39. The fourth-order valence-corrected chi connectivity index (χ4v) is 4.51. The zero-order chi connectivity index (χ0) is 25.2. The summed E-state index contributed by atoms with van der Waals surface area (Å²) in [4.78, 5) is 35.0. The Morgan fingerprint density at radius 1 is 1.35 bits per heavy atom. The predicted octanol–water partition coefficient (Wildman–Crippen LogP) is 5.31. The van der Waals surface area contributed by atoms with Gasteiger partial charge in [-0.3, -0.25) is 4.79 Å². The van der Waals surface area contributed by atoms with Crippen molar-refractivity contribution in [2.75, 3.05) is 18.5 Å². The first kappa shape index (κ1) is 25.8. The van der Waals surface area contributed by atoms with Gasteiger partial charge in [0.1, 0.15) is 17.6 Å². The van der Waals surface area contributed by atoms with Crippen molar-refractivity contribution < 1.29 is 36.3 Å². The standard InChI is InChI=1S/C21H23F5N4O3S/c1-4-33-20(32)18-29-15(19(31)30-7-5-6-10(30)2)16(34-18)13-9-27-14(8-12(13)17(22)23)28-11(3)21(24,25)26/h8-11,17H,4-7H2,1-3H3,(H,27,28)/t10-,11?/m0/s1. The highest BCUT2D eigenvalue weighted by molar-refractivity contribution is 7.17. The van der Waals surface area contributed by atoms with Gasteiger partial charge in [0, 0.05) is 29.9 Å². The number of pyridine rings is 1. The highest BCUT2D eigenvalue weighted by atomic mass is 32.1. The van der Waals surface area contributed by atoms with Crippen molar-refractivity contribution in [2.24, 2.45) is 0 Å². The van der Waals surface area contributed by atoms with Crippen LogP contribution in [0.1, 0.15) is 65.9 Å². The monoisotopic (exact) mass is 506 g/mol. The lowest BCUT2D eigenvalue weighted by Crippen LogP contribution is -2.34. The Hall–Kier alpha value is -2.83. The molecule has 1 unspecified atom stereocenters. The molecule has 1 fully saturated rings. The van der Waals surface area contributed by atoms with Crippen LogP contribution in [0.15, 0.2) is 12.3 Å². The van der Waals surface area contributed by atoms with E-state index in [0.29, 0.717) is 17.9 Å². The Kier molecular flexibility index (Phi) is 7.74. The van der Waals surface area contributed by atoms with E-state index in [4.69, 9.17) is 4.74 Å². The summed E-state index contributed by atoms with van der Waals surface area (Å²) in [5.74, 6) is -1.74. The molecule has 0 radical (unpaired) electrons. The summed E-state index contributed by atoms with van der Waals surface area (Å²) < 4.78 is 71.5. The van der Waals surface area contributed by atoms with Crippen LogP contribution in [-0.2, 0) is 4.74 Å². The number of esters is 1. The SMILES string of the molecule is CCOC(=O)c1nc(C(=O)N2CCC[C@@H]2C)c(-c2cnc(NC(C)C(F)(F)F)cc2C(F)F)s1. The molecule has 0 spiro atoms. The number of halogens is 5. The Morgan fingerprint density at radius 2 is 2.06 bits per heavy atom. The summed E-state index contributed by atoms with van der Waals surface area (Å²) in [7, 11) is 0. The minimum atomic E-state index is -4.61. The molecule has 0 bridgehead atoms. The van der Waals surface area contributed by atoms with Crippen LogP contribution in [0.25, 0.3) is 10.4 Å². The smallest absolute Gasteiger partial charge is 0.408 e. The first-order chi connectivity index (χ1) is 15.9. The Bertz CT molecular complexity index is 1060. The lowest BCUT2D eigenvalue weighted by molar-refractivity contribution is -0.138. The van der Waals surface area contributed by atoms with Gasteiger partial charge in [0.15, 0.2) is 0 Å². The quantitative estimate of drug-likeness (QED) is 0.405. The number of alkyl halides is 5. The third kappa shape index (κ3) is 5.45. The van der Waals surface area contributed by atoms with E-state index in [-0.39, 0.29) is 33.8 Å². The van der Waals surface area contributed by atoms with Crippen molar-refractivity contribution in [3.63, 3.8) is 0 Å². The Balaban J connectivity index is 2.09. The number of aromatic nitrogens is 2. The van der Waals surface area contributed by atoms with Gasteiger partial charge in [-0.1, -0.05) is 0 Å². The summed E-state index contributed by atoms with van der Waals surface area (Å²) in [6.07, 6.45) is -5.22. The molecule has 2 aromatic rings. The summed E-state index contributed by atoms with van der Waals surface area (Å²) in [6.45, 7) is 4.75. The van der Waals surface area contributed by atoms with Gasteiger partial charge in [-0.2, -0.15) is 13.2 Å². The number of carbonyl (C=O) groups excluding carboxylic acids is 2. The van der Waals surface area contributed by atoms with Crippen LogP contribution in [0.5, 0.6) is 0 Å². The van der Waals surface area contributed by atoms with Crippen LogP contribution < -0.4 is 5.32 Å². The van der Waals surface area contributed by atoms with Crippen LogP contribution >= 0.6 is 11.3 Å². The van der Waals surface area contributed by atoms with Gasteiger partial charge < -0.3 is 15.0 Å². The molecular formula is C21H23F5N4O3S. The number of thiazole rings is 1. The molecule has 3 heterocycles. The molecule has 1 amide bonds. The molecule has 2 aromatic heterocycles. The number of likely N-dealkylation sites (tertiary alicyclic amines) is 1. The molecule has 0 aromatic carbocycles. The molecule has 186 valence electrons. The second kappa shape index (κ2) is 10.2. The van der Waals surface area contributed by atoms with Gasteiger partial charge in [0.05, 0.1) is 11.5 Å². The van der Waals surface area contributed by atoms with Gasteiger partial charge in [-0.05, 0) is 39.7 Å². The number of hydrogen-bond acceptors (Lipinski definition) is 7. The van der Waals surface area contributed by atoms with Crippen molar-refractivity contribution in [3.8, 4) is 10.4 Å². The topological polar surface area (TPSA) is 84.4 Å². The second-order valence-corrected chi connectivity index (χ2v) is 8.77. The molecule has 0 aliphatic carbocycles. The minimum Gasteiger partial charge on any atom is -0.461 e. The number of anilines is 1. The third-order valence-electron chi connectivity index (χ3n) is 5.36. The maximum absolute atomic E-state index is 14.0. The van der Waals surface area contributed by atoms with Gasteiger partial charge in [-0.15, -0.1) is 11.3 Å². The van der Waals surface area contributed by atoms with Crippen molar-refractivity contribution in [3.05, 3.63) is 28.5 Å². The average molecular weight is 506 g/mol. The number of hydrogen-bond donors (Lipinski definition) is 1. The fourth-order valence-electron chi connectivity index (χ4n) is 3.52. The molecule has 3 rings (SSSR count). The largest absolute Gasteiger partial charge is 0.461 e. The van der Waals surface area contributed by atoms with Crippen molar-refractivity contribution in [2.45, 2.75) is 58.3 Å². The molecule has 2 atom stereocenters. The first-order valence-electron chi connectivity index (χ1n) is 10.5. The van der Waals surface area contributed by atoms with E-state index < -0.39 is 41.9 Å². The molecule has 13 heteroatoms.